The number of ketones is 1. The van der Waals surface area contributed by atoms with Gasteiger partial charge in [-0.25, -0.2) is 8.42 Å². The molecule has 1 fully saturated rings. The van der Waals surface area contributed by atoms with Crippen LogP contribution in [0.1, 0.15) is 12.0 Å². The summed E-state index contributed by atoms with van der Waals surface area (Å²) in [4.78, 5) is 12.1. The largest absolute Gasteiger partial charge is 0.497 e. The van der Waals surface area contributed by atoms with Gasteiger partial charge in [0.05, 0.1) is 18.6 Å². The third-order valence-corrected chi connectivity index (χ3v) is 5.93. The first kappa shape index (κ1) is 16.5. The van der Waals surface area contributed by atoms with E-state index in [9.17, 15) is 13.2 Å². The Morgan fingerprint density at radius 3 is 2.90 bits per heavy atom. The maximum Gasteiger partial charge on any atom is 0.153 e. The third kappa shape index (κ3) is 4.79. The predicted molar refractivity (Wildman–Crippen MR) is 84.5 cm³/mol. The normalized spacial score (nSPS) is 21.0. The van der Waals surface area contributed by atoms with E-state index in [1.807, 2.05) is 18.2 Å². The van der Waals surface area contributed by atoms with Crippen molar-refractivity contribution in [1.82, 2.24) is 5.32 Å². The van der Waals surface area contributed by atoms with E-state index in [2.05, 4.69) is 21.2 Å². The number of halogens is 1. The van der Waals surface area contributed by atoms with Crippen molar-refractivity contribution in [2.45, 2.75) is 18.9 Å². The van der Waals surface area contributed by atoms with Crippen molar-refractivity contribution in [3.8, 4) is 5.75 Å². The molecule has 0 amide bonds. The fourth-order valence-electron chi connectivity index (χ4n) is 2.37. The molecule has 1 atom stereocenters. The number of sulfone groups is 1. The minimum absolute atomic E-state index is 0.0125. The molecular weight excluding hydrogens is 358 g/mol. The van der Waals surface area contributed by atoms with E-state index in [-0.39, 0.29) is 36.2 Å². The van der Waals surface area contributed by atoms with E-state index >= 15 is 0 Å². The number of Topliss-reactive ketones (excluding diaryl/α,β-unsaturated/α-hetero) is 1. The molecule has 2 rings (SSSR count). The van der Waals surface area contributed by atoms with Gasteiger partial charge in [-0.05, 0) is 23.8 Å². The Labute approximate surface area is 133 Å². The second kappa shape index (κ2) is 6.89. The van der Waals surface area contributed by atoms with Gasteiger partial charge in [-0.15, -0.1) is 0 Å². The monoisotopic (exact) mass is 375 g/mol. The van der Waals surface area contributed by atoms with Crippen LogP contribution in [0, 0.1) is 0 Å². The van der Waals surface area contributed by atoms with Gasteiger partial charge in [-0.3, -0.25) is 4.79 Å². The molecule has 0 radical (unpaired) electrons. The van der Waals surface area contributed by atoms with Crippen molar-refractivity contribution in [3.05, 3.63) is 28.2 Å². The highest BCUT2D eigenvalue weighted by Crippen LogP contribution is 2.23. The second-order valence-electron chi connectivity index (χ2n) is 5.14. The fourth-order valence-corrected chi connectivity index (χ4v) is 4.20. The van der Waals surface area contributed by atoms with Crippen molar-refractivity contribution in [1.29, 1.82) is 0 Å². The first-order chi connectivity index (χ1) is 9.89. The molecular formula is C14H18BrNO4S. The molecule has 7 heteroatoms. The molecule has 1 saturated heterocycles. The van der Waals surface area contributed by atoms with E-state index in [0.717, 1.165) is 10.0 Å². The van der Waals surface area contributed by atoms with E-state index in [4.69, 9.17) is 4.74 Å². The molecule has 1 aromatic rings. The zero-order valence-corrected chi connectivity index (χ0v) is 14.2. The Balaban J connectivity index is 1.99. The molecule has 0 aliphatic carbocycles. The molecule has 1 aromatic carbocycles. The van der Waals surface area contributed by atoms with E-state index < -0.39 is 9.84 Å². The summed E-state index contributed by atoms with van der Waals surface area (Å²) in [5, 5.41) is 3.09. The van der Waals surface area contributed by atoms with Crippen LogP contribution >= 0.6 is 15.9 Å². The predicted octanol–water partition coefficient (Wildman–Crippen LogP) is 1.35. The molecule has 0 spiro atoms. The van der Waals surface area contributed by atoms with Crippen LogP contribution in [0.2, 0.25) is 0 Å². The van der Waals surface area contributed by atoms with Crippen LogP contribution < -0.4 is 10.1 Å². The summed E-state index contributed by atoms with van der Waals surface area (Å²) in [6.07, 6.45) is 0.485. The summed E-state index contributed by atoms with van der Waals surface area (Å²) in [6, 6.07) is 5.19. The summed E-state index contributed by atoms with van der Waals surface area (Å²) in [7, 11) is -1.44. The van der Waals surface area contributed by atoms with Crippen molar-refractivity contribution in [2.75, 3.05) is 25.2 Å². The quantitative estimate of drug-likeness (QED) is 0.840. The van der Waals surface area contributed by atoms with Crippen LogP contribution in [0.4, 0.5) is 0 Å². The molecule has 1 aliphatic rings. The number of hydrogen-bond acceptors (Lipinski definition) is 5. The van der Waals surface area contributed by atoms with Crippen LogP contribution in [0.25, 0.3) is 0 Å². The van der Waals surface area contributed by atoms with Gasteiger partial charge in [0.1, 0.15) is 11.5 Å². The molecule has 0 saturated carbocycles. The lowest BCUT2D eigenvalue weighted by atomic mass is 10.0. The smallest absolute Gasteiger partial charge is 0.153 e. The number of carbonyl (C=O) groups is 1. The highest BCUT2D eigenvalue weighted by molar-refractivity contribution is 9.10. The van der Waals surface area contributed by atoms with Crippen LogP contribution in [0.5, 0.6) is 5.75 Å². The first-order valence-electron chi connectivity index (χ1n) is 6.67. The second-order valence-corrected chi connectivity index (χ2v) is 8.23. The third-order valence-electron chi connectivity index (χ3n) is 3.42. The van der Waals surface area contributed by atoms with Gasteiger partial charge in [-0.2, -0.15) is 0 Å². The first-order valence-corrected chi connectivity index (χ1v) is 9.29. The maximum atomic E-state index is 12.1. The number of nitrogens with one attached hydrogen (secondary N) is 1. The Morgan fingerprint density at radius 1 is 1.48 bits per heavy atom. The number of rotatable bonds is 5. The zero-order valence-electron chi connectivity index (χ0n) is 11.8. The van der Waals surface area contributed by atoms with Gasteiger partial charge < -0.3 is 10.1 Å². The average molecular weight is 376 g/mol. The van der Waals surface area contributed by atoms with Crippen molar-refractivity contribution in [2.24, 2.45) is 0 Å². The summed E-state index contributed by atoms with van der Waals surface area (Å²) in [6.45, 7) is 0.420. The van der Waals surface area contributed by atoms with E-state index in [1.54, 1.807) is 7.11 Å². The topological polar surface area (TPSA) is 72.5 Å². The van der Waals surface area contributed by atoms with Crippen LogP contribution in [-0.4, -0.2) is 45.4 Å². The van der Waals surface area contributed by atoms with Crippen molar-refractivity contribution in [3.63, 3.8) is 0 Å². The van der Waals surface area contributed by atoms with Gasteiger partial charge in [0.2, 0.25) is 0 Å². The lowest BCUT2D eigenvalue weighted by Gasteiger charge is -2.23. The number of hydrogen-bond donors (Lipinski definition) is 1. The molecule has 5 nitrogen and oxygen atoms in total. The van der Waals surface area contributed by atoms with Crippen LogP contribution in [-0.2, 0) is 21.1 Å². The summed E-state index contributed by atoms with van der Waals surface area (Å²) in [5.41, 5.74) is 0.845. The Kier molecular flexibility index (Phi) is 5.40. The number of methoxy groups -OCH3 is 1. The minimum Gasteiger partial charge on any atom is -0.497 e. The number of carbonyl (C=O) groups excluding carboxylic acids is 1. The van der Waals surface area contributed by atoms with Crippen molar-refractivity contribution < 1.29 is 17.9 Å². The average Bonchev–Trinajstić information content (AvgIpc) is 2.40. The molecule has 116 valence electrons. The minimum atomic E-state index is -3.01. The molecule has 1 N–H and O–H groups in total. The van der Waals surface area contributed by atoms with E-state index in [1.165, 1.54) is 0 Å². The molecule has 0 bridgehead atoms. The lowest BCUT2D eigenvalue weighted by molar-refractivity contribution is -0.118. The number of ether oxygens (including phenoxy) is 1. The molecule has 1 aliphatic heterocycles. The van der Waals surface area contributed by atoms with Gasteiger partial charge >= 0.3 is 0 Å². The standard InChI is InChI=1S/C14H18BrNO4S/c1-20-13-2-3-14(15)10(7-13)6-12(17)8-11-9-21(18,19)5-4-16-11/h2-3,7,11,16H,4-6,8-9H2,1H3. The lowest BCUT2D eigenvalue weighted by Crippen LogP contribution is -2.46. The van der Waals surface area contributed by atoms with Crippen LogP contribution in [0.3, 0.4) is 0 Å². The fraction of sp³-hybridized carbons (Fsp3) is 0.500. The summed E-state index contributed by atoms with van der Waals surface area (Å²) in [5.74, 6) is 0.898. The zero-order chi connectivity index (χ0) is 15.5. The van der Waals surface area contributed by atoms with Gasteiger partial charge in [0, 0.05) is 29.9 Å². The Bertz CT molecular complexity index is 630. The molecule has 0 aromatic heterocycles. The Morgan fingerprint density at radius 2 is 2.24 bits per heavy atom. The maximum absolute atomic E-state index is 12.1. The highest BCUT2D eigenvalue weighted by atomic mass is 79.9. The van der Waals surface area contributed by atoms with Crippen LogP contribution in [0.15, 0.2) is 22.7 Å². The Hall–Kier alpha value is -0.920. The summed E-state index contributed by atoms with van der Waals surface area (Å²) >= 11 is 3.41. The number of benzene rings is 1. The van der Waals surface area contributed by atoms with E-state index in [0.29, 0.717) is 12.3 Å². The van der Waals surface area contributed by atoms with Gasteiger partial charge in [-0.1, -0.05) is 15.9 Å². The molecule has 21 heavy (non-hydrogen) atoms. The highest BCUT2D eigenvalue weighted by Gasteiger charge is 2.26. The SMILES string of the molecule is COc1ccc(Br)c(CC(=O)CC2CS(=O)(=O)CCN2)c1. The molecule has 1 unspecified atom stereocenters. The molecule has 1 heterocycles. The van der Waals surface area contributed by atoms with Crippen molar-refractivity contribution >= 4 is 31.6 Å². The van der Waals surface area contributed by atoms with Gasteiger partial charge in [0.15, 0.2) is 9.84 Å². The summed E-state index contributed by atoms with van der Waals surface area (Å²) < 4.78 is 29.1. The van der Waals surface area contributed by atoms with Gasteiger partial charge in [0.25, 0.3) is 0 Å².